The maximum atomic E-state index is 14.6. The zero-order valence-electron chi connectivity index (χ0n) is 38.3. The smallest absolute Gasteiger partial charge is 0.328 e. The van der Waals surface area contributed by atoms with Crippen LogP contribution < -0.4 is 0 Å². The average molecular weight is 849 g/mol. The fraction of sp³-hybridized carbons (Fsp3) is 0.958. The molecule has 0 saturated heterocycles. The van der Waals surface area contributed by atoms with Gasteiger partial charge in [-0.2, -0.15) is 18.3 Å². The van der Waals surface area contributed by atoms with Gasteiger partial charge in [0.2, 0.25) is 4.75 Å². The third kappa shape index (κ3) is 26.3. The van der Waals surface area contributed by atoms with Crippen LogP contribution in [0.1, 0.15) is 278 Å². The number of carbonyl (C=O) groups excluding carboxylic acids is 1. The number of carboxylic acids is 1. The number of hydrogen-bond acceptors (Lipinski definition) is 5. The van der Waals surface area contributed by atoms with E-state index >= 15 is 0 Å². The summed E-state index contributed by atoms with van der Waals surface area (Å²) < 4.78 is 41.9. The van der Waals surface area contributed by atoms with Crippen LogP contribution in [-0.4, -0.2) is 41.4 Å². The summed E-state index contributed by atoms with van der Waals surface area (Å²) in [4.78, 5) is 28.2. The first-order valence-corrected chi connectivity index (χ1v) is 25.9. The van der Waals surface area contributed by atoms with Gasteiger partial charge in [-0.25, -0.2) is 0 Å². The first kappa shape index (κ1) is 58.4. The normalized spacial score (nSPS) is 13.0. The highest BCUT2D eigenvalue weighted by Crippen LogP contribution is 2.50. The molecule has 0 amide bonds. The standard InChI is InChI=1S/C48H94O7S.H3P/c1-5-9-13-17-21-25-26-27-28-32-36-40-44-55-46(51)47(41-37-33-29-22-18-14-10-6-2,42-38-34-30-23-19-15-11-7-3)48(45(49)50,56(52,53)54)43-39-35-31-24-20-16-12-8-4;/h5-44H2,1-4H3,(H,49,50)(H,52,53,54);1H3. The van der Waals surface area contributed by atoms with E-state index in [0.717, 1.165) is 103 Å². The summed E-state index contributed by atoms with van der Waals surface area (Å²) >= 11 is 0. The van der Waals surface area contributed by atoms with Crippen molar-refractivity contribution >= 4 is 32.0 Å². The van der Waals surface area contributed by atoms with E-state index < -0.39 is 32.2 Å². The number of aliphatic carboxylic acids is 1. The van der Waals surface area contributed by atoms with Gasteiger partial charge in [0.1, 0.15) is 5.41 Å². The molecular formula is C48H97O7PS. The first-order valence-electron chi connectivity index (χ1n) is 24.5. The molecule has 0 aromatic rings. The Bertz CT molecular complexity index is 1000. The Morgan fingerprint density at radius 3 is 0.930 bits per heavy atom. The van der Waals surface area contributed by atoms with Crippen LogP contribution in [0.2, 0.25) is 0 Å². The first-order chi connectivity index (χ1) is 27.1. The zero-order valence-corrected chi connectivity index (χ0v) is 40.6. The van der Waals surface area contributed by atoms with Crippen molar-refractivity contribution in [2.75, 3.05) is 6.61 Å². The van der Waals surface area contributed by atoms with Crippen molar-refractivity contribution in [1.29, 1.82) is 0 Å². The Balaban J connectivity index is 0. The number of unbranched alkanes of at least 4 members (excludes halogenated alkanes) is 32. The highest BCUT2D eigenvalue weighted by Gasteiger charge is 2.68. The van der Waals surface area contributed by atoms with Crippen molar-refractivity contribution in [3.63, 3.8) is 0 Å². The molecule has 0 fully saturated rings. The van der Waals surface area contributed by atoms with Crippen LogP contribution in [0.5, 0.6) is 0 Å². The lowest BCUT2D eigenvalue weighted by Gasteiger charge is -2.44. The molecule has 0 heterocycles. The summed E-state index contributed by atoms with van der Waals surface area (Å²) in [7, 11) is -5.21. The highest BCUT2D eigenvalue weighted by atomic mass is 32.2. The molecule has 0 saturated carbocycles. The van der Waals surface area contributed by atoms with Gasteiger partial charge in [-0.3, -0.25) is 14.1 Å². The van der Waals surface area contributed by atoms with E-state index in [0.29, 0.717) is 32.1 Å². The molecule has 0 aliphatic rings. The summed E-state index contributed by atoms with van der Waals surface area (Å²) in [6.07, 6.45) is 37.6. The lowest BCUT2D eigenvalue weighted by atomic mass is 9.65. The number of ether oxygens (including phenoxy) is 1. The van der Waals surface area contributed by atoms with Crippen LogP contribution in [0.4, 0.5) is 0 Å². The van der Waals surface area contributed by atoms with Gasteiger partial charge in [0.05, 0.1) is 6.61 Å². The molecule has 7 nitrogen and oxygen atoms in total. The van der Waals surface area contributed by atoms with E-state index in [1.807, 2.05) is 0 Å². The number of hydrogen-bond donors (Lipinski definition) is 2. The largest absolute Gasteiger partial charge is 0.480 e. The van der Waals surface area contributed by atoms with Crippen LogP contribution in [0.15, 0.2) is 0 Å². The van der Waals surface area contributed by atoms with Crippen molar-refractivity contribution < 1.29 is 32.4 Å². The number of carbonyl (C=O) groups is 2. The zero-order chi connectivity index (χ0) is 41.6. The van der Waals surface area contributed by atoms with Gasteiger partial charge in [0, 0.05) is 0 Å². The molecule has 9 heteroatoms. The van der Waals surface area contributed by atoms with Crippen molar-refractivity contribution in [3.05, 3.63) is 0 Å². The quantitative estimate of drug-likeness (QED) is 0.0271. The van der Waals surface area contributed by atoms with Gasteiger partial charge in [-0.1, -0.05) is 252 Å². The van der Waals surface area contributed by atoms with E-state index in [-0.39, 0.29) is 35.8 Å². The fourth-order valence-electron chi connectivity index (χ4n) is 8.81. The van der Waals surface area contributed by atoms with Crippen molar-refractivity contribution in [3.8, 4) is 0 Å². The Hall–Kier alpha value is -0.720. The molecule has 0 aromatic carbocycles. The summed E-state index contributed by atoms with van der Waals surface area (Å²) in [5, 5.41) is 11.0. The second kappa shape index (κ2) is 39.4. The van der Waals surface area contributed by atoms with Crippen LogP contribution >= 0.6 is 9.90 Å². The lowest BCUT2D eigenvalue weighted by molar-refractivity contribution is -0.168. The lowest BCUT2D eigenvalue weighted by Crippen LogP contribution is -2.63. The summed E-state index contributed by atoms with van der Waals surface area (Å²) in [6, 6.07) is 0. The van der Waals surface area contributed by atoms with E-state index in [1.165, 1.54) is 96.3 Å². The SMILES string of the molecule is CCCCCCCCCCCCCCOC(=O)C(CCCCCCCCCC)(CCCCCCCCCC)C(CCCCCCCCCC)(C(=O)O)S(=O)(=O)O.P. The van der Waals surface area contributed by atoms with Crippen LogP contribution in [0.3, 0.4) is 0 Å². The number of rotatable bonds is 44. The second-order valence-corrected chi connectivity index (χ2v) is 19.0. The monoisotopic (exact) mass is 849 g/mol. The van der Waals surface area contributed by atoms with Gasteiger partial charge >= 0.3 is 11.9 Å². The molecule has 0 radical (unpaired) electrons. The Morgan fingerprint density at radius 2 is 0.667 bits per heavy atom. The minimum Gasteiger partial charge on any atom is -0.480 e. The molecule has 0 rings (SSSR count). The second-order valence-electron chi connectivity index (χ2n) is 17.4. The maximum Gasteiger partial charge on any atom is 0.328 e. The van der Waals surface area contributed by atoms with E-state index in [4.69, 9.17) is 4.74 Å². The van der Waals surface area contributed by atoms with E-state index in [9.17, 15) is 27.7 Å². The summed E-state index contributed by atoms with van der Waals surface area (Å²) in [5.74, 6) is -2.34. The van der Waals surface area contributed by atoms with E-state index in [1.54, 1.807) is 0 Å². The van der Waals surface area contributed by atoms with Gasteiger partial charge < -0.3 is 9.84 Å². The van der Waals surface area contributed by atoms with Gasteiger partial charge in [0.25, 0.3) is 10.1 Å². The fourth-order valence-corrected chi connectivity index (χ4v) is 10.2. The van der Waals surface area contributed by atoms with Gasteiger partial charge in [-0.05, 0) is 25.7 Å². The number of esters is 1. The molecule has 2 unspecified atom stereocenters. The molecular weight excluding hydrogens is 752 g/mol. The van der Waals surface area contributed by atoms with Crippen molar-refractivity contribution in [2.24, 2.45) is 5.41 Å². The van der Waals surface area contributed by atoms with Crippen molar-refractivity contribution in [2.45, 2.75) is 283 Å². The molecule has 0 bridgehead atoms. The molecule has 0 aliphatic carbocycles. The molecule has 2 N–H and O–H groups in total. The molecule has 0 spiro atoms. The number of carboxylic acid groups (broad SMARTS) is 1. The molecule has 2 atom stereocenters. The van der Waals surface area contributed by atoms with Crippen LogP contribution in [0, 0.1) is 5.41 Å². The molecule has 0 aromatic heterocycles. The Kier molecular flexibility index (Phi) is 40.4. The van der Waals surface area contributed by atoms with Gasteiger partial charge in [-0.15, -0.1) is 0 Å². The van der Waals surface area contributed by atoms with E-state index in [2.05, 4.69) is 27.7 Å². The van der Waals surface area contributed by atoms with Crippen LogP contribution in [-0.2, 0) is 24.4 Å². The average Bonchev–Trinajstić information content (AvgIpc) is 3.16. The predicted molar refractivity (Wildman–Crippen MR) is 249 cm³/mol. The van der Waals surface area contributed by atoms with Crippen molar-refractivity contribution in [1.82, 2.24) is 0 Å². The van der Waals surface area contributed by atoms with Crippen LogP contribution in [0.25, 0.3) is 0 Å². The predicted octanol–water partition coefficient (Wildman–Crippen LogP) is 15.6. The Morgan fingerprint density at radius 1 is 0.421 bits per heavy atom. The minimum atomic E-state index is -5.21. The summed E-state index contributed by atoms with van der Waals surface area (Å²) in [6.45, 7) is 8.96. The third-order valence-corrected chi connectivity index (χ3v) is 14.1. The molecule has 0 aliphatic heterocycles. The maximum absolute atomic E-state index is 14.6. The topological polar surface area (TPSA) is 118 Å². The Labute approximate surface area is 358 Å². The molecule has 342 valence electrons. The minimum absolute atomic E-state index is 0. The third-order valence-electron chi connectivity index (χ3n) is 12.5. The molecule has 57 heavy (non-hydrogen) atoms. The van der Waals surface area contributed by atoms with Gasteiger partial charge in [0.15, 0.2) is 0 Å². The summed E-state index contributed by atoms with van der Waals surface area (Å²) in [5.41, 5.74) is -1.85. The highest BCUT2D eigenvalue weighted by molar-refractivity contribution is 7.88.